The predicted molar refractivity (Wildman–Crippen MR) is 94.2 cm³/mol. The van der Waals surface area contributed by atoms with Crippen LogP contribution < -0.4 is 15.8 Å². The van der Waals surface area contributed by atoms with E-state index in [9.17, 15) is 0 Å². The Morgan fingerprint density at radius 1 is 1.30 bits per heavy atom. The quantitative estimate of drug-likeness (QED) is 0.456. The first-order valence-electron chi connectivity index (χ1n) is 8.27. The molecule has 0 amide bonds. The zero-order valence-corrected chi connectivity index (χ0v) is 14.1. The first-order valence-corrected chi connectivity index (χ1v) is 8.27. The number of morpholine rings is 1. The Morgan fingerprint density at radius 2 is 2.00 bits per heavy atom. The van der Waals surface area contributed by atoms with Gasteiger partial charge < -0.3 is 20.5 Å². The molecule has 0 aliphatic carbocycles. The summed E-state index contributed by atoms with van der Waals surface area (Å²) in [5, 5.41) is 3.10. The van der Waals surface area contributed by atoms with E-state index in [4.69, 9.17) is 15.2 Å². The Kier molecular flexibility index (Phi) is 7.16. The van der Waals surface area contributed by atoms with Crippen molar-refractivity contribution >= 4 is 11.6 Å². The Bertz CT molecular complexity index is 482. The van der Waals surface area contributed by atoms with Gasteiger partial charge in [0.05, 0.1) is 19.3 Å². The van der Waals surface area contributed by atoms with Crippen molar-refractivity contribution in [3.63, 3.8) is 0 Å². The van der Waals surface area contributed by atoms with Crippen LogP contribution in [0.1, 0.15) is 20.3 Å². The van der Waals surface area contributed by atoms with Crippen LogP contribution in [0.25, 0.3) is 0 Å². The molecule has 0 atom stereocenters. The van der Waals surface area contributed by atoms with Crippen molar-refractivity contribution in [1.29, 1.82) is 0 Å². The maximum Gasteiger partial charge on any atom is 0.193 e. The zero-order valence-electron chi connectivity index (χ0n) is 14.1. The van der Waals surface area contributed by atoms with Crippen LogP contribution in [0.3, 0.4) is 0 Å². The van der Waals surface area contributed by atoms with Gasteiger partial charge in [0.15, 0.2) is 5.96 Å². The van der Waals surface area contributed by atoms with Crippen molar-refractivity contribution < 1.29 is 9.47 Å². The van der Waals surface area contributed by atoms with Gasteiger partial charge in [0, 0.05) is 31.9 Å². The molecule has 1 saturated heterocycles. The lowest BCUT2D eigenvalue weighted by Gasteiger charge is -2.26. The summed E-state index contributed by atoms with van der Waals surface area (Å²) < 4.78 is 10.9. The molecule has 0 aromatic heterocycles. The maximum atomic E-state index is 5.92. The summed E-state index contributed by atoms with van der Waals surface area (Å²) in [6.07, 6.45) is 1.18. The molecular weight excluding hydrogens is 292 g/mol. The van der Waals surface area contributed by atoms with E-state index in [1.165, 1.54) is 0 Å². The molecule has 0 bridgehead atoms. The Morgan fingerprint density at radius 3 is 2.65 bits per heavy atom. The first kappa shape index (κ1) is 17.6. The molecule has 23 heavy (non-hydrogen) atoms. The van der Waals surface area contributed by atoms with Crippen LogP contribution in [-0.2, 0) is 4.74 Å². The van der Waals surface area contributed by atoms with Gasteiger partial charge in [-0.25, -0.2) is 0 Å². The van der Waals surface area contributed by atoms with Crippen molar-refractivity contribution in [2.75, 3.05) is 44.7 Å². The van der Waals surface area contributed by atoms with Crippen LogP contribution in [0.4, 0.5) is 5.69 Å². The summed E-state index contributed by atoms with van der Waals surface area (Å²) in [5.41, 5.74) is 6.83. The van der Waals surface area contributed by atoms with E-state index in [0.717, 1.165) is 57.3 Å². The second-order valence-corrected chi connectivity index (χ2v) is 5.89. The van der Waals surface area contributed by atoms with E-state index < -0.39 is 0 Å². The smallest absolute Gasteiger partial charge is 0.193 e. The fourth-order valence-corrected chi connectivity index (χ4v) is 2.40. The van der Waals surface area contributed by atoms with Gasteiger partial charge in [-0.1, -0.05) is 0 Å². The molecule has 1 heterocycles. The molecule has 0 radical (unpaired) electrons. The molecule has 1 aromatic carbocycles. The fourth-order valence-electron chi connectivity index (χ4n) is 2.40. The minimum Gasteiger partial charge on any atom is -0.491 e. The normalized spacial score (nSPS) is 16.6. The van der Waals surface area contributed by atoms with Crippen molar-refractivity contribution in [3.05, 3.63) is 24.3 Å². The van der Waals surface area contributed by atoms with E-state index in [1.54, 1.807) is 0 Å². The summed E-state index contributed by atoms with van der Waals surface area (Å²) in [7, 11) is 0. The van der Waals surface area contributed by atoms with Crippen LogP contribution in [0.2, 0.25) is 0 Å². The standard InChI is InChI=1S/C17H28N4O2/c1-14(2)23-16-6-4-15(5-7-16)20-17(18)19-8-3-9-21-10-12-22-13-11-21/h4-7,14H,3,8-13H2,1-2H3,(H3,18,19,20). The number of anilines is 1. The number of nitrogens with one attached hydrogen (secondary N) is 1. The van der Waals surface area contributed by atoms with Gasteiger partial charge >= 0.3 is 0 Å². The molecule has 0 saturated carbocycles. The molecule has 0 unspecified atom stereocenters. The number of hydrogen-bond donors (Lipinski definition) is 2. The van der Waals surface area contributed by atoms with Crippen molar-refractivity contribution in [3.8, 4) is 5.75 Å². The first-order chi connectivity index (χ1) is 11.1. The van der Waals surface area contributed by atoms with Gasteiger partial charge in [-0.15, -0.1) is 0 Å². The van der Waals surface area contributed by atoms with Crippen molar-refractivity contribution in [2.45, 2.75) is 26.4 Å². The second-order valence-electron chi connectivity index (χ2n) is 5.89. The number of guanidine groups is 1. The topological polar surface area (TPSA) is 72.1 Å². The molecule has 1 aromatic rings. The van der Waals surface area contributed by atoms with E-state index in [-0.39, 0.29) is 6.10 Å². The van der Waals surface area contributed by atoms with Gasteiger partial charge in [0.1, 0.15) is 5.75 Å². The zero-order chi connectivity index (χ0) is 16.5. The van der Waals surface area contributed by atoms with Gasteiger partial charge in [0.2, 0.25) is 0 Å². The summed E-state index contributed by atoms with van der Waals surface area (Å²) >= 11 is 0. The highest BCUT2D eigenvalue weighted by Gasteiger charge is 2.08. The average Bonchev–Trinajstić information content (AvgIpc) is 2.54. The number of rotatable bonds is 7. The number of benzene rings is 1. The predicted octanol–water partition coefficient (Wildman–Crippen LogP) is 1.92. The molecule has 6 heteroatoms. The molecule has 1 fully saturated rings. The largest absolute Gasteiger partial charge is 0.491 e. The molecular formula is C17H28N4O2. The van der Waals surface area contributed by atoms with Crippen LogP contribution in [-0.4, -0.2) is 56.4 Å². The summed E-state index contributed by atoms with van der Waals surface area (Å²) in [4.78, 5) is 6.77. The van der Waals surface area contributed by atoms with E-state index in [1.807, 2.05) is 38.1 Å². The lowest BCUT2D eigenvalue weighted by atomic mass is 10.3. The summed E-state index contributed by atoms with van der Waals surface area (Å²) in [5.74, 6) is 1.30. The number of hydrogen-bond acceptors (Lipinski definition) is 4. The van der Waals surface area contributed by atoms with Crippen molar-refractivity contribution in [2.24, 2.45) is 10.7 Å². The molecule has 2 rings (SSSR count). The Hall–Kier alpha value is -1.79. The van der Waals surface area contributed by atoms with Crippen LogP contribution in [0, 0.1) is 0 Å². The lowest BCUT2D eigenvalue weighted by Crippen LogP contribution is -2.37. The molecule has 128 valence electrons. The maximum absolute atomic E-state index is 5.92. The average molecular weight is 320 g/mol. The third kappa shape index (κ3) is 6.88. The van der Waals surface area contributed by atoms with Crippen LogP contribution in [0.15, 0.2) is 29.3 Å². The number of nitrogens with two attached hydrogens (primary N) is 1. The molecule has 6 nitrogen and oxygen atoms in total. The van der Waals surface area contributed by atoms with Gasteiger partial charge in [-0.3, -0.25) is 9.89 Å². The monoisotopic (exact) mass is 320 g/mol. The van der Waals surface area contributed by atoms with E-state index in [2.05, 4.69) is 15.2 Å². The minimum atomic E-state index is 0.173. The van der Waals surface area contributed by atoms with Gasteiger partial charge in [-0.2, -0.15) is 0 Å². The number of nitrogens with zero attached hydrogens (tertiary/aromatic N) is 2. The third-order valence-corrected chi connectivity index (χ3v) is 3.52. The highest BCUT2D eigenvalue weighted by atomic mass is 16.5. The Balaban J connectivity index is 1.69. The van der Waals surface area contributed by atoms with E-state index in [0.29, 0.717) is 5.96 Å². The number of ether oxygens (including phenoxy) is 2. The fraction of sp³-hybridized carbons (Fsp3) is 0.588. The second kappa shape index (κ2) is 9.37. The molecule has 1 aliphatic rings. The highest BCUT2D eigenvalue weighted by Crippen LogP contribution is 2.16. The van der Waals surface area contributed by atoms with E-state index >= 15 is 0 Å². The molecule has 3 N–H and O–H groups in total. The van der Waals surface area contributed by atoms with Gasteiger partial charge in [-0.05, 0) is 44.5 Å². The van der Waals surface area contributed by atoms with Gasteiger partial charge in [0.25, 0.3) is 0 Å². The summed E-state index contributed by atoms with van der Waals surface area (Å²) in [6.45, 7) is 9.49. The lowest BCUT2D eigenvalue weighted by molar-refractivity contribution is 0.0377. The molecule has 0 spiro atoms. The SMILES string of the molecule is CC(C)Oc1ccc(NC(N)=NCCCN2CCOCC2)cc1. The molecule has 1 aliphatic heterocycles. The number of aliphatic imine (C=N–C) groups is 1. The third-order valence-electron chi connectivity index (χ3n) is 3.52. The van der Waals surface area contributed by atoms with Crippen LogP contribution in [0.5, 0.6) is 5.75 Å². The van der Waals surface area contributed by atoms with Crippen LogP contribution >= 0.6 is 0 Å². The Labute approximate surface area is 138 Å². The summed E-state index contributed by atoms with van der Waals surface area (Å²) in [6, 6.07) is 7.73. The highest BCUT2D eigenvalue weighted by molar-refractivity contribution is 5.92. The van der Waals surface area contributed by atoms with Crippen molar-refractivity contribution in [1.82, 2.24) is 4.90 Å². The minimum absolute atomic E-state index is 0.173.